The van der Waals surface area contributed by atoms with Gasteiger partial charge in [0.25, 0.3) is 0 Å². The highest BCUT2D eigenvalue weighted by Gasteiger charge is 2.15. The molecule has 4 nitrogen and oxygen atoms in total. The molecule has 1 saturated heterocycles. The Labute approximate surface area is 95.6 Å². The first-order valence-corrected chi connectivity index (χ1v) is 5.59. The first kappa shape index (κ1) is 11.0. The summed E-state index contributed by atoms with van der Waals surface area (Å²) in [6, 6.07) is 7.83. The van der Waals surface area contributed by atoms with Gasteiger partial charge in [-0.2, -0.15) is 0 Å². The van der Waals surface area contributed by atoms with E-state index in [0.717, 1.165) is 31.9 Å². The third-order valence-corrected chi connectivity index (χ3v) is 2.71. The summed E-state index contributed by atoms with van der Waals surface area (Å²) in [6.45, 7) is 5.33. The number of amides is 2. The van der Waals surface area contributed by atoms with Gasteiger partial charge in [-0.15, -0.1) is 0 Å². The van der Waals surface area contributed by atoms with Gasteiger partial charge in [0.1, 0.15) is 0 Å². The van der Waals surface area contributed by atoms with E-state index < -0.39 is 0 Å². The summed E-state index contributed by atoms with van der Waals surface area (Å²) in [5.41, 5.74) is 2.05. The van der Waals surface area contributed by atoms with Crippen molar-refractivity contribution in [1.29, 1.82) is 0 Å². The van der Waals surface area contributed by atoms with Gasteiger partial charge in [0, 0.05) is 31.9 Å². The van der Waals surface area contributed by atoms with E-state index in [-0.39, 0.29) is 6.03 Å². The van der Waals surface area contributed by atoms with Crippen LogP contribution in [0.5, 0.6) is 0 Å². The average molecular weight is 219 g/mol. The minimum Gasteiger partial charge on any atom is -0.322 e. The highest BCUT2D eigenvalue weighted by atomic mass is 16.2. The van der Waals surface area contributed by atoms with E-state index in [2.05, 4.69) is 10.6 Å². The number of carbonyl (C=O) groups excluding carboxylic acids is 1. The number of nitrogens with one attached hydrogen (secondary N) is 2. The number of urea groups is 1. The number of rotatable bonds is 1. The van der Waals surface area contributed by atoms with Gasteiger partial charge in [-0.1, -0.05) is 17.7 Å². The summed E-state index contributed by atoms with van der Waals surface area (Å²) < 4.78 is 0. The number of benzene rings is 1. The highest BCUT2D eigenvalue weighted by molar-refractivity contribution is 5.89. The zero-order valence-electron chi connectivity index (χ0n) is 9.49. The lowest BCUT2D eigenvalue weighted by Gasteiger charge is -2.27. The Morgan fingerprint density at radius 2 is 1.88 bits per heavy atom. The fourth-order valence-electron chi connectivity index (χ4n) is 1.71. The van der Waals surface area contributed by atoms with E-state index in [1.807, 2.05) is 36.1 Å². The molecule has 0 radical (unpaired) electrons. The van der Waals surface area contributed by atoms with Gasteiger partial charge in [0.05, 0.1) is 0 Å². The summed E-state index contributed by atoms with van der Waals surface area (Å²) in [5.74, 6) is 0. The van der Waals surface area contributed by atoms with Crippen LogP contribution in [0.3, 0.4) is 0 Å². The molecule has 1 fully saturated rings. The first-order chi connectivity index (χ1) is 7.75. The summed E-state index contributed by atoms with van der Waals surface area (Å²) in [6.07, 6.45) is 0. The molecule has 2 N–H and O–H groups in total. The maximum absolute atomic E-state index is 11.8. The van der Waals surface area contributed by atoms with Crippen LogP contribution in [0.15, 0.2) is 24.3 Å². The minimum absolute atomic E-state index is 0.00893. The van der Waals surface area contributed by atoms with Crippen molar-refractivity contribution in [3.8, 4) is 0 Å². The average Bonchev–Trinajstić information content (AvgIpc) is 2.33. The zero-order valence-corrected chi connectivity index (χ0v) is 9.49. The fourth-order valence-corrected chi connectivity index (χ4v) is 1.71. The molecule has 0 spiro atoms. The minimum atomic E-state index is -0.00893. The molecule has 1 aliphatic heterocycles. The van der Waals surface area contributed by atoms with Crippen molar-refractivity contribution in [3.63, 3.8) is 0 Å². The van der Waals surface area contributed by atoms with Crippen LogP contribution in [0.2, 0.25) is 0 Å². The number of hydrogen-bond donors (Lipinski definition) is 2. The van der Waals surface area contributed by atoms with Crippen LogP contribution in [0, 0.1) is 6.92 Å². The Balaban J connectivity index is 1.93. The summed E-state index contributed by atoms with van der Waals surface area (Å²) in [5, 5.41) is 6.12. The molecule has 16 heavy (non-hydrogen) atoms. The van der Waals surface area contributed by atoms with Crippen LogP contribution in [0.25, 0.3) is 0 Å². The molecule has 1 heterocycles. The molecule has 4 heteroatoms. The van der Waals surface area contributed by atoms with Gasteiger partial charge >= 0.3 is 6.03 Å². The topological polar surface area (TPSA) is 44.4 Å². The number of carbonyl (C=O) groups is 1. The third kappa shape index (κ3) is 2.73. The number of piperazine rings is 1. The van der Waals surface area contributed by atoms with Gasteiger partial charge in [0.15, 0.2) is 0 Å². The van der Waals surface area contributed by atoms with Crippen LogP contribution in [-0.2, 0) is 0 Å². The molecular weight excluding hydrogens is 202 g/mol. The van der Waals surface area contributed by atoms with Gasteiger partial charge in [-0.05, 0) is 19.1 Å². The van der Waals surface area contributed by atoms with Crippen LogP contribution < -0.4 is 10.6 Å². The molecule has 86 valence electrons. The molecule has 0 unspecified atom stereocenters. The van der Waals surface area contributed by atoms with Gasteiger partial charge in [0.2, 0.25) is 0 Å². The monoisotopic (exact) mass is 219 g/mol. The predicted molar refractivity (Wildman–Crippen MR) is 64.6 cm³/mol. The van der Waals surface area contributed by atoms with Crippen molar-refractivity contribution in [2.24, 2.45) is 0 Å². The molecule has 0 aromatic heterocycles. The summed E-state index contributed by atoms with van der Waals surface area (Å²) >= 11 is 0. The molecule has 1 aliphatic rings. The molecule has 0 aliphatic carbocycles. The van der Waals surface area contributed by atoms with Crippen molar-refractivity contribution in [3.05, 3.63) is 29.8 Å². The Kier molecular flexibility index (Phi) is 3.41. The quantitative estimate of drug-likeness (QED) is 0.750. The SMILES string of the molecule is Cc1ccc(NC(=O)N2CCNCC2)cc1. The van der Waals surface area contributed by atoms with Crippen molar-refractivity contribution in [2.45, 2.75) is 6.92 Å². The normalized spacial score (nSPS) is 15.9. The Morgan fingerprint density at radius 1 is 1.25 bits per heavy atom. The lowest BCUT2D eigenvalue weighted by molar-refractivity contribution is 0.204. The van der Waals surface area contributed by atoms with Gasteiger partial charge in [-0.25, -0.2) is 4.79 Å². The van der Waals surface area contributed by atoms with Gasteiger partial charge < -0.3 is 15.5 Å². The highest BCUT2D eigenvalue weighted by Crippen LogP contribution is 2.09. The Bertz CT molecular complexity index is 355. The maximum Gasteiger partial charge on any atom is 0.321 e. The number of aryl methyl sites for hydroxylation is 1. The first-order valence-electron chi connectivity index (χ1n) is 5.59. The molecule has 0 atom stereocenters. The molecular formula is C12H17N3O. The Hall–Kier alpha value is -1.55. The maximum atomic E-state index is 11.8. The van der Waals surface area contributed by atoms with Crippen molar-refractivity contribution < 1.29 is 4.79 Å². The smallest absolute Gasteiger partial charge is 0.321 e. The van der Waals surface area contributed by atoms with Gasteiger partial charge in [-0.3, -0.25) is 0 Å². The van der Waals surface area contributed by atoms with E-state index in [1.54, 1.807) is 0 Å². The zero-order chi connectivity index (χ0) is 11.4. The second-order valence-electron chi connectivity index (χ2n) is 4.03. The van der Waals surface area contributed by atoms with E-state index >= 15 is 0 Å². The second-order valence-corrected chi connectivity index (χ2v) is 4.03. The third-order valence-electron chi connectivity index (χ3n) is 2.71. The van der Waals surface area contributed by atoms with Crippen molar-refractivity contribution in [2.75, 3.05) is 31.5 Å². The summed E-state index contributed by atoms with van der Waals surface area (Å²) in [7, 11) is 0. The molecule has 0 saturated carbocycles. The number of nitrogens with zero attached hydrogens (tertiary/aromatic N) is 1. The van der Waals surface area contributed by atoms with Crippen LogP contribution >= 0.6 is 0 Å². The second kappa shape index (κ2) is 4.99. The number of anilines is 1. The lowest BCUT2D eigenvalue weighted by atomic mass is 10.2. The van der Waals surface area contributed by atoms with Crippen LogP contribution in [-0.4, -0.2) is 37.1 Å². The predicted octanol–water partition coefficient (Wildman–Crippen LogP) is 1.43. The Morgan fingerprint density at radius 3 is 2.50 bits per heavy atom. The molecule has 0 bridgehead atoms. The van der Waals surface area contributed by atoms with E-state index in [1.165, 1.54) is 5.56 Å². The standard InChI is InChI=1S/C12H17N3O/c1-10-2-4-11(5-3-10)14-12(16)15-8-6-13-7-9-15/h2-5,13H,6-9H2,1H3,(H,14,16). The van der Waals surface area contributed by atoms with E-state index in [4.69, 9.17) is 0 Å². The molecule has 2 amide bonds. The van der Waals surface area contributed by atoms with Crippen LogP contribution in [0.4, 0.5) is 10.5 Å². The van der Waals surface area contributed by atoms with E-state index in [9.17, 15) is 4.79 Å². The molecule has 2 rings (SSSR count). The molecule has 1 aromatic carbocycles. The fraction of sp³-hybridized carbons (Fsp3) is 0.417. The number of hydrogen-bond acceptors (Lipinski definition) is 2. The van der Waals surface area contributed by atoms with Crippen molar-refractivity contribution in [1.82, 2.24) is 10.2 Å². The van der Waals surface area contributed by atoms with E-state index in [0.29, 0.717) is 0 Å². The van der Waals surface area contributed by atoms with Crippen LogP contribution in [0.1, 0.15) is 5.56 Å². The molecule has 1 aromatic rings. The van der Waals surface area contributed by atoms with Crippen molar-refractivity contribution >= 4 is 11.7 Å². The lowest BCUT2D eigenvalue weighted by Crippen LogP contribution is -2.48. The summed E-state index contributed by atoms with van der Waals surface area (Å²) in [4.78, 5) is 13.7. The largest absolute Gasteiger partial charge is 0.322 e.